The fourth-order valence-corrected chi connectivity index (χ4v) is 12.8. The minimum absolute atomic E-state index is 0. The number of rotatable bonds is 2. The second-order valence-corrected chi connectivity index (χ2v) is 19.2. The standard InChI is InChI=1S/C27H30N4O2.C26H25N3O.CH5NO.ClH/c1-29-21-10-5-8-19(15-21)20-12-13-24-23(16-20)27(30-25(28)31(2)33-27)17-26(32-24)14-6-9-18-7-3-4-11-22(18)26;1-28-21-9-4-7-19(14-21)20-11-12-25-22(15-20)24(29-17-27)16-26(30-25)13-5-8-18-6-2-3-10-23(18)26;1-2-3;/h5,8,10,12-13,15-16,18,22H,3-4,6-7,9,11,14,17H2,2H3,(H2,28,30);4,7,9,11-12,14-15,18,23H,2-3,5-6,8,10,13,16H2;2-3H,1H3;1H. The van der Waals surface area contributed by atoms with Gasteiger partial charge in [-0.2, -0.15) is 10.3 Å². The van der Waals surface area contributed by atoms with Crippen molar-refractivity contribution in [3.63, 3.8) is 0 Å². The van der Waals surface area contributed by atoms with Gasteiger partial charge in [-0.25, -0.2) is 30.1 Å². The Balaban J connectivity index is 0.000000170. The van der Waals surface area contributed by atoms with Gasteiger partial charge in [-0.05, 0) is 122 Å². The molecule has 12 nitrogen and oxygen atoms in total. The topological polar surface area (TPSA) is 146 Å². The summed E-state index contributed by atoms with van der Waals surface area (Å²) in [5.41, 5.74) is 14.6. The molecular formula is C54H61ClN8O4. The molecule has 3 aliphatic heterocycles. The van der Waals surface area contributed by atoms with E-state index in [0.717, 1.165) is 81.7 Å². The normalized spacial score (nSPS) is 29.2. The number of guanidine groups is 1. The predicted molar refractivity (Wildman–Crippen MR) is 263 cm³/mol. The van der Waals surface area contributed by atoms with Gasteiger partial charge in [0.2, 0.25) is 17.9 Å². The monoisotopic (exact) mass is 920 g/mol. The van der Waals surface area contributed by atoms with Gasteiger partial charge in [0.25, 0.3) is 0 Å². The molecule has 13 heteroatoms. The first kappa shape index (κ1) is 47.5. The highest BCUT2D eigenvalue weighted by Gasteiger charge is 2.59. The minimum Gasteiger partial charge on any atom is -0.486 e. The molecule has 3 heterocycles. The molecule has 4 fully saturated rings. The molecular weight excluding hydrogens is 860 g/mol. The van der Waals surface area contributed by atoms with E-state index in [0.29, 0.717) is 35.6 Å². The van der Waals surface area contributed by atoms with Crippen LogP contribution in [0.2, 0.25) is 0 Å². The van der Waals surface area contributed by atoms with Crippen LogP contribution in [0.1, 0.15) is 114 Å². The van der Waals surface area contributed by atoms with E-state index >= 15 is 0 Å². The maximum absolute atomic E-state index is 9.41. The van der Waals surface area contributed by atoms with Crippen molar-refractivity contribution in [1.82, 2.24) is 10.5 Å². The average molecular weight is 922 g/mol. The molecule has 11 rings (SSSR count). The second-order valence-electron chi connectivity index (χ2n) is 19.2. The Morgan fingerprint density at radius 2 is 1.28 bits per heavy atom. The molecule has 0 radical (unpaired) electrons. The number of fused-ring (bicyclic) bond motifs is 7. The molecule has 4 aromatic carbocycles. The fourth-order valence-electron chi connectivity index (χ4n) is 12.8. The highest BCUT2D eigenvalue weighted by atomic mass is 35.5. The highest BCUT2D eigenvalue weighted by molar-refractivity contribution is 6.06. The minimum atomic E-state index is -0.876. The van der Waals surface area contributed by atoms with Gasteiger partial charge in [-0.1, -0.05) is 87.1 Å². The Kier molecular flexibility index (Phi) is 14.3. The SMILES string of the molecule is CNO.Cl.[C-]#[N+]c1cccc(-c2ccc3c(c2)C(=NC#N)CC2(CCCC4CCCCC42)O3)c1.[C-]#[N+]c1cccc(-c2ccc3c(c2)C2(CC4(CCCC5CCCCC54)O3)N=C(N)N(C)O2)c1. The van der Waals surface area contributed by atoms with Crippen molar-refractivity contribution in [2.24, 2.45) is 39.4 Å². The molecule has 4 saturated carbocycles. The molecule has 7 unspecified atom stereocenters. The van der Waals surface area contributed by atoms with E-state index in [1.807, 2.05) is 67.8 Å². The third kappa shape index (κ3) is 9.24. The number of benzene rings is 4. The summed E-state index contributed by atoms with van der Waals surface area (Å²) in [5, 5.41) is 18.3. The van der Waals surface area contributed by atoms with E-state index in [1.165, 1.54) is 84.1 Å². The quantitative estimate of drug-likeness (QED) is 0.102. The van der Waals surface area contributed by atoms with Crippen LogP contribution < -0.4 is 20.7 Å². The number of nitriles is 1. The van der Waals surface area contributed by atoms with E-state index in [1.54, 1.807) is 10.5 Å². The number of hydroxylamine groups is 3. The van der Waals surface area contributed by atoms with Crippen LogP contribution >= 0.6 is 12.4 Å². The number of hydrogen-bond acceptors (Lipinski definition) is 10. The van der Waals surface area contributed by atoms with Crippen LogP contribution in [0.15, 0.2) is 94.9 Å². The maximum atomic E-state index is 9.41. The number of halogens is 1. The Morgan fingerprint density at radius 3 is 1.87 bits per heavy atom. The van der Waals surface area contributed by atoms with Gasteiger partial charge in [0.1, 0.15) is 22.7 Å². The molecule has 67 heavy (non-hydrogen) atoms. The zero-order valence-electron chi connectivity index (χ0n) is 38.5. The number of hydrogen-bond donors (Lipinski definition) is 3. The van der Waals surface area contributed by atoms with Crippen LogP contribution in [0.4, 0.5) is 11.4 Å². The summed E-state index contributed by atoms with van der Waals surface area (Å²) in [5.74, 6) is 4.67. The summed E-state index contributed by atoms with van der Waals surface area (Å²) >= 11 is 0. The molecule has 0 amide bonds. The van der Waals surface area contributed by atoms with Gasteiger partial charge in [0.05, 0.1) is 24.4 Å². The maximum Gasteiger partial charge on any atom is 0.222 e. The highest BCUT2D eigenvalue weighted by Crippen LogP contribution is 2.59. The van der Waals surface area contributed by atoms with Gasteiger partial charge in [-0.3, -0.25) is 0 Å². The lowest BCUT2D eigenvalue weighted by Crippen LogP contribution is -2.57. The van der Waals surface area contributed by atoms with Crippen molar-refractivity contribution in [2.75, 3.05) is 14.1 Å². The van der Waals surface area contributed by atoms with Crippen LogP contribution in [0.3, 0.4) is 0 Å². The molecule has 3 spiro atoms. The summed E-state index contributed by atoms with van der Waals surface area (Å²) in [6, 6.07) is 27.8. The molecule has 4 N–H and O–H groups in total. The van der Waals surface area contributed by atoms with Gasteiger partial charge in [-0.15, -0.1) is 12.4 Å². The van der Waals surface area contributed by atoms with Crippen LogP contribution in [0, 0.1) is 48.3 Å². The van der Waals surface area contributed by atoms with E-state index in [-0.39, 0.29) is 23.6 Å². The van der Waals surface area contributed by atoms with Crippen LogP contribution in [-0.4, -0.2) is 47.2 Å². The molecule has 7 aliphatic rings. The van der Waals surface area contributed by atoms with Gasteiger partial charge in [0, 0.05) is 44.3 Å². The molecule has 348 valence electrons. The van der Waals surface area contributed by atoms with Crippen molar-refractivity contribution in [3.8, 4) is 39.9 Å². The predicted octanol–water partition coefficient (Wildman–Crippen LogP) is 12.5. The lowest BCUT2D eigenvalue weighted by molar-refractivity contribution is -0.220. The summed E-state index contributed by atoms with van der Waals surface area (Å²) in [7, 11) is 3.25. The van der Waals surface area contributed by atoms with Crippen LogP contribution in [0.25, 0.3) is 31.9 Å². The van der Waals surface area contributed by atoms with Crippen molar-refractivity contribution < 1.29 is 19.5 Å². The molecule has 0 bridgehead atoms. The summed E-state index contributed by atoms with van der Waals surface area (Å²) in [6.45, 7) is 14.6. The first-order valence-corrected chi connectivity index (χ1v) is 23.8. The van der Waals surface area contributed by atoms with E-state index in [4.69, 9.17) is 43.4 Å². The van der Waals surface area contributed by atoms with Crippen molar-refractivity contribution in [1.29, 1.82) is 5.26 Å². The van der Waals surface area contributed by atoms with Gasteiger partial charge in [0.15, 0.2) is 11.4 Å². The van der Waals surface area contributed by atoms with Crippen molar-refractivity contribution >= 4 is 35.5 Å². The first-order valence-electron chi connectivity index (χ1n) is 23.8. The Morgan fingerprint density at radius 1 is 0.761 bits per heavy atom. The second kappa shape index (κ2) is 20.1. The largest absolute Gasteiger partial charge is 0.486 e. The lowest BCUT2D eigenvalue weighted by Gasteiger charge is -2.54. The Hall–Kier alpha value is -5.94. The number of nitrogens with zero attached hydrogens (tertiary/aromatic N) is 6. The summed E-state index contributed by atoms with van der Waals surface area (Å²) in [6.07, 6.45) is 20.8. The van der Waals surface area contributed by atoms with Crippen molar-refractivity contribution in [2.45, 2.75) is 120 Å². The Bertz CT molecular complexity index is 2650. The zero-order chi connectivity index (χ0) is 45.9. The summed E-state index contributed by atoms with van der Waals surface area (Å²) in [4.78, 5) is 22.8. The zero-order valence-corrected chi connectivity index (χ0v) is 39.4. The fraction of sp³-hybridized carbons (Fsp3) is 0.463. The Labute approximate surface area is 401 Å². The molecule has 0 saturated heterocycles. The van der Waals surface area contributed by atoms with E-state index in [9.17, 15) is 5.26 Å². The van der Waals surface area contributed by atoms with Crippen molar-refractivity contribution in [3.05, 3.63) is 119 Å². The smallest absolute Gasteiger partial charge is 0.222 e. The van der Waals surface area contributed by atoms with Crippen LogP contribution in [0.5, 0.6) is 11.5 Å². The number of aliphatic imine (C=N–C) groups is 2. The number of nitrogens with one attached hydrogen (secondary N) is 1. The summed E-state index contributed by atoms with van der Waals surface area (Å²) < 4.78 is 13.8. The third-order valence-electron chi connectivity index (χ3n) is 15.6. The van der Waals surface area contributed by atoms with Gasteiger partial charge < -0.3 is 20.4 Å². The molecule has 4 aromatic rings. The molecule has 4 aliphatic carbocycles. The average Bonchev–Trinajstić information content (AvgIpc) is 3.63. The van der Waals surface area contributed by atoms with Gasteiger partial charge >= 0.3 is 0 Å². The van der Waals surface area contributed by atoms with Crippen LogP contribution in [-0.2, 0) is 10.6 Å². The lowest BCUT2D eigenvalue weighted by atomic mass is 9.60. The number of nitrogens with two attached hydrogens (primary N) is 1. The first-order chi connectivity index (χ1) is 32.2. The molecule has 0 aromatic heterocycles. The van der Waals surface area contributed by atoms with E-state index in [2.05, 4.69) is 45.0 Å². The molecule has 7 atom stereocenters. The third-order valence-corrected chi connectivity index (χ3v) is 15.6. The van der Waals surface area contributed by atoms with E-state index < -0.39 is 5.72 Å². The number of ether oxygens (including phenoxy) is 2.